The van der Waals surface area contributed by atoms with Crippen molar-refractivity contribution in [2.24, 2.45) is 0 Å². The first kappa shape index (κ1) is 17.9. The van der Waals surface area contributed by atoms with Crippen LogP contribution in [0.15, 0.2) is 115 Å². The molecule has 2 nitrogen and oxygen atoms in total. The zero-order valence-electron chi connectivity index (χ0n) is 18.1. The van der Waals surface area contributed by atoms with Gasteiger partial charge in [0.25, 0.3) is 0 Å². The number of benzene rings is 4. The van der Waals surface area contributed by atoms with Crippen molar-refractivity contribution in [2.75, 3.05) is 0 Å². The Balaban J connectivity index is 1.71. The van der Waals surface area contributed by atoms with Gasteiger partial charge in [-0.25, -0.2) is 0 Å². The van der Waals surface area contributed by atoms with Crippen LogP contribution in [0.25, 0.3) is 27.6 Å². The molecule has 0 saturated heterocycles. The van der Waals surface area contributed by atoms with Gasteiger partial charge in [-0.2, -0.15) is 0 Å². The molecular formula is C30H21GeN2+. The molecule has 2 aliphatic rings. The normalized spacial score (nSPS) is 14.8. The van der Waals surface area contributed by atoms with Gasteiger partial charge in [-0.05, 0) is 0 Å². The Morgan fingerprint density at radius 3 is 2.03 bits per heavy atom. The van der Waals surface area contributed by atoms with E-state index in [-0.39, 0.29) is 0 Å². The third kappa shape index (κ3) is 2.04. The van der Waals surface area contributed by atoms with Gasteiger partial charge in [0.1, 0.15) is 0 Å². The molecule has 0 bridgehead atoms. The summed E-state index contributed by atoms with van der Waals surface area (Å²) in [5.74, 6) is 0. The van der Waals surface area contributed by atoms with Gasteiger partial charge in [-0.1, -0.05) is 0 Å². The predicted octanol–water partition coefficient (Wildman–Crippen LogP) is 3.12. The summed E-state index contributed by atoms with van der Waals surface area (Å²) in [6, 6.07) is 41.3. The zero-order chi connectivity index (χ0) is 21.6. The molecule has 6 aromatic rings. The molecule has 0 fully saturated rings. The van der Waals surface area contributed by atoms with Gasteiger partial charge >= 0.3 is 195 Å². The maximum atomic E-state index is 2.59. The van der Waals surface area contributed by atoms with E-state index in [0.29, 0.717) is 0 Å². The van der Waals surface area contributed by atoms with Gasteiger partial charge in [0.15, 0.2) is 0 Å². The van der Waals surface area contributed by atoms with Gasteiger partial charge in [0, 0.05) is 0 Å². The van der Waals surface area contributed by atoms with Crippen LogP contribution in [0.1, 0.15) is 5.56 Å². The summed E-state index contributed by atoms with van der Waals surface area (Å²) in [6.07, 6.45) is 2.23. The molecule has 8 rings (SSSR count). The first-order valence-electron chi connectivity index (χ1n) is 11.6. The third-order valence-corrected chi connectivity index (χ3v) is 17.8. The first-order chi connectivity index (χ1) is 16.4. The molecule has 4 aromatic carbocycles. The number of pyridine rings is 1. The fourth-order valence-electron chi connectivity index (χ4n) is 6.54. The molecule has 0 amide bonds. The summed E-state index contributed by atoms with van der Waals surface area (Å²) in [6.45, 7) is 0.925. The van der Waals surface area contributed by atoms with Gasteiger partial charge in [0.05, 0.1) is 0 Å². The molecular weight excluding hydrogens is 461 g/mol. The van der Waals surface area contributed by atoms with E-state index in [4.69, 9.17) is 0 Å². The van der Waals surface area contributed by atoms with E-state index in [1.807, 2.05) is 0 Å². The summed E-state index contributed by atoms with van der Waals surface area (Å²) in [4.78, 5) is 0. The number of hydrogen-bond donors (Lipinski definition) is 0. The van der Waals surface area contributed by atoms with Crippen LogP contribution in [-0.2, 0) is 6.54 Å². The Kier molecular flexibility index (Phi) is 3.38. The SMILES string of the molecule is c1cc[c]([Ge]2([c]3ccccc3)[c]3cccc4c3-n3c5[c]2cccc5c2ccc[n+](c23)C4)cc1. The molecule has 154 valence electrons. The number of aromatic nitrogens is 2. The second-order valence-corrected chi connectivity index (χ2v) is 17.0. The predicted molar refractivity (Wildman–Crippen MR) is 137 cm³/mol. The Hall–Kier alpha value is -3.63. The molecule has 0 unspecified atom stereocenters. The molecule has 4 heterocycles. The van der Waals surface area contributed by atoms with Crippen molar-refractivity contribution in [1.82, 2.24) is 4.57 Å². The summed E-state index contributed by atoms with van der Waals surface area (Å²) in [5.41, 5.74) is 5.61. The van der Waals surface area contributed by atoms with Crippen LogP contribution in [0.4, 0.5) is 0 Å². The summed E-state index contributed by atoms with van der Waals surface area (Å²) >= 11 is -3.25. The van der Waals surface area contributed by atoms with E-state index in [9.17, 15) is 0 Å². The Labute approximate surface area is 194 Å². The molecule has 33 heavy (non-hydrogen) atoms. The van der Waals surface area contributed by atoms with E-state index < -0.39 is 13.3 Å². The van der Waals surface area contributed by atoms with Crippen LogP contribution in [0.2, 0.25) is 0 Å². The molecule has 0 spiro atoms. The number of fused-ring (bicyclic) bond motifs is 1. The standard InChI is InChI=1S/C30H21GeN2/c1-3-11-22(12-4-1)31(23-13-5-2-6-14-23)26-17-7-10-21-20-32-19-9-16-25-24-15-8-18-27(31)29(24)33(28(21)26)30(25)32/h1-19H,20H2/q+1. The van der Waals surface area contributed by atoms with Crippen molar-refractivity contribution in [3.63, 3.8) is 0 Å². The van der Waals surface area contributed by atoms with Crippen LogP contribution >= 0.6 is 0 Å². The van der Waals surface area contributed by atoms with Crippen molar-refractivity contribution in [2.45, 2.75) is 6.54 Å². The minimum absolute atomic E-state index is 0.925. The molecule has 0 aliphatic carbocycles. The monoisotopic (exact) mass is 483 g/mol. The maximum absolute atomic E-state index is 3.25. The third-order valence-electron chi connectivity index (χ3n) is 7.71. The molecule has 0 radical (unpaired) electrons. The first-order valence-corrected chi connectivity index (χ1v) is 15.8. The number of rotatable bonds is 2. The molecule has 0 atom stereocenters. The van der Waals surface area contributed by atoms with E-state index in [1.54, 1.807) is 8.79 Å². The van der Waals surface area contributed by atoms with E-state index in [1.165, 1.54) is 42.0 Å². The van der Waals surface area contributed by atoms with Crippen LogP contribution in [0, 0.1) is 0 Å². The second kappa shape index (κ2) is 6.24. The Morgan fingerprint density at radius 1 is 0.606 bits per heavy atom. The number of hydrogen-bond acceptors (Lipinski definition) is 0. The van der Waals surface area contributed by atoms with Gasteiger partial charge in [0.2, 0.25) is 0 Å². The minimum atomic E-state index is -3.25. The average molecular weight is 482 g/mol. The van der Waals surface area contributed by atoms with Crippen molar-refractivity contribution in [3.05, 3.63) is 121 Å². The van der Waals surface area contributed by atoms with Crippen molar-refractivity contribution < 1.29 is 4.57 Å². The van der Waals surface area contributed by atoms with Crippen LogP contribution in [-0.4, -0.2) is 17.8 Å². The van der Waals surface area contributed by atoms with Gasteiger partial charge in [-0.3, -0.25) is 0 Å². The topological polar surface area (TPSA) is 8.81 Å². The van der Waals surface area contributed by atoms with Crippen LogP contribution < -0.4 is 22.2 Å². The van der Waals surface area contributed by atoms with Crippen LogP contribution in [0.3, 0.4) is 0 Å². The van der Waals surface area contributed by atoms with Crippen molar-refractivity contribution in [1.29, 1.82) is 0 Å². The van der Waals surface area contributed by atoms with E-state index in [0.717, 1.165) is 6.54 Å². The molecule has 0 N–H and O–H groups in total. The van der Waals surface area contributed by atoms with E-state index in [2.05, 4.69) is 125 Å². The quantitative estimate of drug-likeness (QED) is 0.265. The average Bonchev–Trinajstić information content (AvgIpc) is 3.23. The van der Waals surface area contributed by atoms with E-state index >= 15 is 0 Å². The second-order valence-electron chi connectivity index (χ2n) is 9.21. The summed E-state index contributed by atoms with van der Waals surface area (Å²) in [5, 5.41) is 2.73. The van der Waals surface area contributed by atoms with Crippen molar-refractivity contribution in [3.8, 4) is 5.69 Å². The molecule has 0 saturated carbocycles. The van der Waals surface area contributed by atoms with Crippen LogP contribution in [0.5, 0.6) is 0 Å². The van der Waals surface area contributed by atoms with Gasteiger partial charge in [-0.15, -0.1) is 0 Å². The van der Waals surface area contributed by atoms with Crippen molar-refractivity contribution >= 4 is 52.8 Å². The zero-order valence-corrected chi connectivity index (χ0v) is 20.2. The number of nitrogens with zero attached hydrogens (tertiary/aromatic N) is 2. The van der Waals surface area contributed by atoms with Gasteiger partial charge < -0.3 is 0 Å². The molecule has 2 aromatic heterocycles. The molecule has 2 aliphatic heterocycles. The summed E-state index contributed by atoms with van der Waals surface area (Å²) in [7, 11) is 0. The molecule has 3 heteroatoms. The Morgan fingerprint density at radius 2 is 1.27 bits per heavy atom. The Bertz CT molecular complexity index is 1690. The fraction of sp³-hybridized carbons (Fsp3) is 0.0333. The number of para-hydroxylation sites is 2. The summed E-state index contributed by atoms with van der Waals surface area (Å²) < 4.78 is 11.1. The fourth-order valence-corrected chi connectivity index (χ4v) is 17.4.